The fourth-order valence-electron chi connectivity index (χ4n) is 2.05. The molecule has 2 rings (SSSR count). The first-order chi connectivity index (χ1) is 9.74. The summed E-state index contributed by atoms with van der Waals surface area (Å²) in [5.74, 6) is 3.62. The second-order valence-corrected chi connectivity index (χ2v) is 4.70. The zero-order valence-corrected chi connectivity index (χ0v) is 12.4. The van der Waals surface area contributed by atoms with Gasteiger partial charge in [0.1, 0.15) is 29.5 Å². The molecule has 2 N–H and O–H groups in total. The molecule has 0 spiro atoms. The molecule has 0 amide bonds. The number of rotatable bonds is 7. The maximum Gasteiger partial charge on any atom is 0.135 e. The molecule has 0 aliphatic carbocycles. The molecule has 0 aromatic carbocycles. The molecule has 2 aromatic rings. The van der Waals surface area contributed by atoms with E-state index in [1.54, 1.807) is 6.33 Å². The van der Waals surface area contributed by atoms with E-state index >= 15 is 0 Å². The Morgan fingerprint density at radius 2 is 1.85 bits per heavy atom. The number of aromatic nitrogens is 2. The van der Waals surface area contributed by atoms with Gasteiger partial charge >= 0.3 is 0 Å². The van der Waals surface area contributed by atoms with Crippen molar-refractivity contribution in [2.75, 3.05) is 17.2 Å². The molecule has 0 fully saturated rings. The van der Waals surface area contributed by atoms with Crippen molar-refractivity contribution in [1.29, 1.82) is 0 Å². The van der Waals surface area contributed by atoms with Crippen molar-refractivity contribution in [1.82, 2.24) is 9.97 Å². The van der Waals surface area contributed by atoms with E-state index in [0.717, 1.165) is 48.1 Å². The van der Waals surface area contributed by atoms with E-state index in [4.69, 9.17) is 4.42 Å². The molecule has 2 heterocycles. The Kier molecular flexibility index (Phi) is 4.98. The number of nitrogens with one attached hydrogen (secondary N) is 2. The lowest BCUT2D eigenvalue weighted by Gasteiger charge is -2.13. The minimum Gasteiger partial charge on any atom is -0.465 e. The van der Waals surface area contributed by atoms with Gasteiger partial charge in [-0.15, -0.1) is 0 Å². The molecule has 0 aliphatic rings. The fourth-order valence-corrected chi connectivity index (χ4v) is 2.05. The van der Waals surface area contributed by atoms with Crippen LogP contribution in [-0.4, -0.2) is 16.5 Å². The van der Waals surface area contributed by atoms with Crippen LogP contribution in [0.4, 0.5) is 11.6 Å². The Balaban J connectivity index is 2.10. The second kappa shape index (κ2) is 6.93. The van der Waals surface area contributed by atoms with Crippen LogP contribution in [0, 0.1) is 6.92 Å². The Hall–Kier alpha value is -2.04. The average Bonchev–Trinajstić information content (AvgIpc) is 2.88. The highest BCUT2D eigenvalue weighted by Gasteiger charge is 2.09. The van der Waals surface area contributed by atoms with Crippen molar-refractivity contribution in [3.05, 3.63) is 35.5 Å². The van der Waals surface area contributed by atoms with Gasteiger partial charge in [0.25, 0.3) is 0 Å². The number of anilines is 2. The second-order valence-electron chi connectivity index (χ2n) is 4.70. The van der Waals surface area contributed by atoms with Gasteiger partial charge in [-0.1, -0.05) is 13.8 Å². The molecule has 0 atom stereocenters. The number of nitrogens with zero attached hydrogens (tertiary/aromatic N) is 2. The van der Waals surface area contributed by atoms with Crippen molar-refractivity contribution in [2.24, 2.45) is 0 Å². The summed E-state index contributed by atoms with van der Waals surface area (Å²) in [5.41, 5.74) is 1.12. The van der Waals surface area contributed by atoms with E-state index in [9.17, 15) is 0 Å². The third-order valence-corrected chi connectivity index (χ3v) is 3.07. The van der Waals surface area contributed by atoms with Gasteiger partial charge in [-0.3, -0.25) is 0 Å². The van der Waals surface area contributed by atoms with Crippen molar-refractivity contribution < 1.29 is 4.42 Å². The van der Waals surface area contributed by atoms with Gasteiger partial charge in [-0.2, -0.15) is 0 Å². The van der Waals surface area contributed by atoms with Crippen LogP contribution in [0.1, 0.15) is 37.4 Å². The van der Waals surface area contributed by atoms with Crippen LogP contribution in [0.2, 0.25) is 0 Å². The monoisotopic (exact) mass is 274 g/mol. The summed E-state index contributed by atoms with van der Waals surface area (Å²) < 4.78 is 5.55. The summed E-state index contributed by atoms with van der Waals surface area (Å²) in [6.45, 7) is 7.74. The first-order valence-corrected chi connectivity index (χ1v) is 7.11. The summed E-state index contributed by atoms with van der Waals surface area (Å²) in [4.78, 5) is 8.66. The predicted molar refractivity (Wildman–Crippen MR) is 81.0 cm³/mol. The van der Waals surface area contributed by atoms with Crippen molar-refractivity contribution >= 4 is 11.6 Å². The minimum atomic E-state index is 0.630. The molecule has 20 heavy (non-hydrogen) atoms. The smallest absolute Gasteiger partial charge is 0.135 e. The first-order valence-electron chi connectivity index (χ1n) is 7.11. The molecule has 0 bridgehead atoms. The summed E-state index contributed by atoms with van der Waals surface area (Å²) in [6, 6.07) is 3.94. The molecule has 0 aliphatic heterocycles. The van der Waals surface area contributed by atoms with Crippen LogP contribution in [-0.2, 0) is 13.0 Å². The van der Waals surface area contributed by atoms with Crippen LogP contribution in [0.25, 0.3) is 0 Å². The number of furan rings is 1. The van der Waals surface area contributed by atoms with Gasteiger partial charge in [0.15, 0.2) is 0 Å². The molecule has 5 heteroatoms. The van der Waals surface area contributed by atoms with Crippen LogP contribution in [0.3, 0.4) is 0 Å². The van der Waals surface area contributed by atoms with Gasteiger partial charge < -0.3 is 15.1 Å². The van der Waals surface area contributed by atoms with Crippen LogP contribution < -0.4 is 10.6 Å². The number of hydrogen-bond donors (Lipinski definition) is 2. The van der Waals surface area contributed by atoms with Crippen LogP contribution in [0.15, 0.2) is 22.9 Å². The van der Waals surface area contributed by atoms with E-state index in [1.807, 2.05) is 19.1 Å². The van der Waals surface area contributed by atoms with E-state index in [1.165, 1.54) is 0 Å². The Morgan fingerprint density at radius 3 is 2.45 bits per heavy atom. The Bertz CT molecular complexity index is 551. The highest BCUT2D eigenvalue weighted by atomic mass is 16.3. The van der Waals surface area contributed by atoms with Gasteiger partial charge in [0.2, 0.25) is 0 Å². The first kappa shape index (κ1) is 14.4. The largest absolute Gasteiger partial charge is 0.465 e. The van der Waals surface area contributed by atoms with Crippen LogP contribution >= 0.6 is 0 Å². The number of hydrogen-bond acceptors (Lipinski definition) is 5. The summed E-state index contributed by atoms with van der Waals surface area (Å²) >= 11 is 0. The molecular weight excluding hydrogens is 252 g/mol. The molecule has 5 nitrogen and oxygen atoms in total. The highest BCUT2D eigenvalue weighted by Crippen LogP contribution is 2.21. The maximum absolute atomic E-state index is 5.55. The van der Waals surface area contributed by atoms with E-state index < -0.39 is 0 Å². The normalized spacial score (nSPS) is 10.6. The van der Waals surface area contributed by atoms with E-state index in [0.29, 0.717) is 6.54 Å². The van der Waals surface area contributed by atoms with Crippen molar-refractivity contribution in [3.8, 4) is 0 Å². The van der Waals surface area contributed by atoms with Gasteiger partial charge in [0, 0.05) is 12.1 Å². The highest BCUT2D eigenvalue weighted by molar-refractivity contribution is 5.57. The average molecular weight is 274 g/mol. The molecule has 0 radical (unpaired) electrons. The molecule has 0 saturated heterocycles. The molecule has 0 unspecified atom stereocenters. The lowest BCUT2D eigenvalue weighted by atomic mass is 10.2. The summed E-state index contributed by atoms with van der Waals surface area (Å²) in [5, 5.41) is 6.67. The third kappa shape index (κ3) is 3.50. The van der Waals surface area contributed by atoms with Gasteiger partial charge in [-0.05, 0) is 31.9 Å². The molecule has 108 valence electrons. The van der Waals surface area contributed by atoms with E-state index in [-0.39, 0.29) is 0 Å². The molecular formula is C15H22N4O. The predicted octanol–water partition coefficient (Wildman–Crippen LogP) is 3.37. The molecule has 0 saturated carbocycles. The molecule has 2 aromatic heterocycles. The van der Waals surface area contributed by atoms with Crippen LogP contribution in [0.5, 0.6) is 0 Å². The summed E-state index contributed by atoms with van der Waals surface area (Å²) in [7, 11) is 0. The van der Waals surface area contributed by atoms with Gasteiger partial charge in [0.05, 0.1) is 6.54 Å². The zero-order valence-electron chi connectivity index (χ0n) is 12.4. The lowest BCUT2D eigenvalue weighted by molar-refractivity contribution is 0.490. The van der Waals surface area contributed by atoms with Crippen molar-refractivity contribution in [3.63, 3.8) is 0 Å². The lowest BCUT2D eigenvalue weighted by Crippen LogP contribution is -2.10. The van der Waals surface area contributed by atoms with Gasteiger partial charge in [-0.25, -0.2) is 9.97 Å². The SMILES string of the molecule is CCCNc1ncnc(NCc2ccc(C)o2)c1CC. The van der Waals surface area contributed by atoms with E-state index in [2.05, 4.69) is 34.4 Å². The standard InChI is InChI=1S/C15H22N4O/c1-4-8-16-14-13(5-2)15(19-10-18-14)17-9-12-7-6-11(3)20-12/h6-7,10H,4-5,8-9H2,1-3H3,(H2,16,17,18,19). The minimum absolute atomic E-state index is 0.630. The number of aryl methyl sites for hydroxylation is 1. The topological polar surface area (TPSA) is 63.0 Å². The van der Waals surface area contributed by atoms with Crippen molar-refractivity contribution in [2.45, 2.75) is 40.2 Å². The third-order valence-electron chi connectivity index (χ3n) is 3.07. The maximum atomic E-state index is 5.55. The quantitative estimate of drug-likeness (QED) is 0.810. The zero-order chi connectivity index (χ0) is 14.4. The Morgan fingerprint density at radius 1 is 1.10 bits per heavy atom. The Labute approximate surface area is 119 Å². The summed E-state index contributed by atoms with van der Waals surface area (Å²) in [6.07, 6.45) is 3.54. The fraction of sp³-hybridized carbons (Fsp3) is 0.467.